The topological polar surface area (TPSA) is 62.8 Å². The van der Waals surface area contributed by atoms with Gasteiger partial charge in [-0.15, -0.1) is 0 Å². The van der Waals surface area contributed by atoms with Crippen LogP contribution in [0, 0.1) is 0 Å². The fourth-order valence-electron chi connectivity index (χ4n) is 3.70. The number of aromatic amines is 1. The summed E-state index contributed by atoms with van der Waals surface area (Å²) in [5, 5.41) is 4.81. The van der Waals surface area contributed by atoms with Gasteiger partial charge in [-0.3, -0.25) is 4.98 Å². The van der Waals surface area contributed by atoms with E-state index in [0.717, 1.165) is 41.0 Å². The molecule has 0 saturated carbocycles. The SMILES string of the molecule is COc1ccc2[nH]c3c(c2c1)CCNC3c1cnc2ccccc2n1. The number of hydrogen-bond acceptors (Lipinski definition) is 4. The first-order valence-electron chi connectivity index (χ1n) is 8.47. The second-order valence-corrected chi connectivity index (χ2v) is 6.35. The van der Waals surface area contributed by atoms with Crippen LogP contribution in [-0.4, -0.2) is 28.6 Å². The third kappa shape index (κ3) is 2.27. The van der Waals surface area contributed by atoms with Crippen LogP contribution in [0.5, 0.6) is 5.75 Å². The Labute approximate surface area is 145 Å². The van der Waals surface area contributed by atoms with Crippen molar-refractivity contribution < 1.29 is 4.74 Å². The highest BCUT2D eigenvalue weighted by Crippen LogP contribution is 2.34. The van der Waals surface area contributed by atoms with Gasteiger partial charge in [-0.2, -0.15) is 0 Å². The zero-order chi connectivity index (χ0) is 16.8. The first-order valence-corrected chi connectivity index (χ1v) is 8.47. The molecular formula is C20H18N4O. The predicted octanol–water partition coefficient (Wildman–Crippen LogP) is 3.35. The van der Waals surface area contributed by atoms with Gasteiger partial charge in [-0.1, -0.05) is 12.1 Å². The number of methoxy groups -OCH3 is 1. The summed E-state index contributed by atoms with van der Waals surface area (Å²) in [6.45, 7) is 0.913. The second-order valence-electron chi connectivity index (χ2n) is 6.35. The van der Waals surface area contributed by atoms with Crippen molar-refractivity contribution in [3.05, 3.63) is 65.6 Å². The van der Waals surface area contributed by atoms with Crippen LogP contribution in [0.2, 0.25) is 0 Å². The molecule has 0 bridgehead atoms. The highest BCUT2D eigenvalue weighted by Gasteiger charge is 2.26. The Morgan fingerprint density at radius 3 is 2.88 bits per heavy atom. The van der Waals surface area contributed by atoms with Gasteiger partial charge in [0.15, 0.2) is 0 Å². The molecule has 1 unspecified atom stereocenters. The lowest BCUT2D eigenvalue weighted by atomic mass is 9.97. The third-order valence-corrected chi connectivity index (χ3v) is 4.92. The second kappa shape index (κ2) is 5.57. The van der Waals surface area contributed by atoms with E-state index in [1.807, 2.05) is 36.5 Å². The summed E-state index contributed by atoms with van der Waals surface area (Å²) < 4.78 is 5.39. The largest absolute Gasteiger partial charge is 0.497 e. The maximum Gasteiger partial charge on any atom is 0.119 e. The van der Waals surface area contributed by atoms with Crippen molar-refractivity contribution in [3.8, 4) is 5.75 Å². The fourth-order valence-corrected chi connectivity index (χ4v) is 3.70. The number of rotatable bonds is 2. The van der Waals surface area contributed by atoms with Crippen LogP contribution in [0.3, 0.4) is 0 Å². The van der Waals surface area contributed by atoms with Crippen molar-refractivity contribution in [3.63, 3.8) is 0 Å². The molecule has 2 aromatic carbocycles. The number of H-pyrrole nitrogens is 1. The van der Waals surface area contributed by atoms with Crippen LogP contribution in [-0.2, 0) is 6.42 Å². The molecule has 0 fully saturated rings. The quantitative estimate of drug-likeness (QED) is 0.592. The van der Waals surface area contributed by atoms with E-state index in [1.165, 1.54) is 16.6 Å². The monoisotopic (exact) mass is 330 g/mol. The van der Waals surface area contributed by atoms with Gasteiger partial charge >= 0.3 is 0 Å². The van der Waals surface area contributed by atoms with Crippen LogP contribution in [0.4, 0.5) is 0 Å². The van der Waals surface area contributed by atoms with Crippen LogP contribution in [0.1, 0.15) is 23.0 Å². The van der Waals surface area contributed by atoms with Crippen molar-refractivity contribution in [1.29, 1.82) is 0 Å². The standard InChI is InChI=1S/C20H18N4O/c1-25-12-6-7-15-14(10-12)13-8-9-21-20(19(13)24-15)18-11-22-16-4-2-3-5-17(16)23-18/h2-7,10-11,20-21,24H,8-9H2,1H3. The maximum atomic E-state index is 5.39. The average molecular weight is 330 g/mol. The maximum absolute atomic E-state index is 5.39. The van der Waals surface area contributed by atoms with Crippen LogP contribution in [0.25, 0.3) is 21.9 Å². The number of para-hydroxylation sites is 2. The van der Waals surface area contributed by atoms with E-state index in [-0.39, 0.29) is 6.04 Å². The summed E-state index contributed by atoms with van der Waals surface area (Å²) >= 11 is 0. The molecule has 4 aromatic rings. The van der Waals surface area contributed by atoms with Crippen molar-refractivity contribution >= 4 is 21.9 Å². The van der Waals surface area contributed by atoms with Crippen LogP contribution >= 0.6 is 0 Å². The predicted molar refractivity (Wildman–Crippen MR) is 97.9 cm³/mol. The number of ether oxygens (including phenoxy) is 1. The number of fused-ring (bicyclic) bond motifs is 4. The van der Waals surface area contributed by atoms with E-state index in [4.69, 9.17) is 9.72 Å². The number of aromatic nitrogens is 3. The van der Waals surface area contributed by atoms with E-state index in [2.05, 4.69) is 27.4 Å². The van der Waals surface area contributed by atoms with Gasteiger partial charge in [0.2, 0.25) is 0 Å². The van der Waals surface area contributed by atoms with E-state index in [9.17, 15) is 0 Å². The molecule has 1 aliphatic rings. The van der Waals surface area contributed by atoms with Gasteiger partial charge in [0, 0.05) is 23.1 Å². The molecule has 0 spiro atoms. The lowest BCUT2D eigenvalue weighted by molar-refractivity contribution is 0.415. The van der Waals surface area contributed by atoms with Gasteiger partial charge < -0.3 is 15.0 Å². The van der Waals surface area contributed by atoms with Crippen molar-refractivity contribution in [1.82, 2.24) is 20.3 Å². The molecule has 1 aliphatic heterocycles. The summed E-state index contributed by atoms with van der Waals surface area (Å²) in [6.07, 6.45) is 2.86. The molecule has 1 atom stereocenters. The molecule has 0 aliphatic carbocycles. The van der Waals surface area contributed by atoms with Crippen LogP contribution in [0.15, 0.2) is 48.7 Å². The Morgan fingerprint density at radius 1 is 1.12 bits per heavy atom. The minimum atomic E-state index is 0.0271. The van der Waals surface area contributed by atoms with Gasteiger partial charge in [0.25, 0.3) is 0 Å². The average Bonchev–Trinajstić information content (AvgIpc) is 3.05. The highest BCUT2D eigenvalue weighted by molar-refractivity contribution is 5.86. The smallest absolute Gasteiger partial charge is 0.119 e. The molecule has 3 heterocycles. The lowest BCUT2D eigenvalue weighted by Crippen LogP contribution is -2.31. The summed E-state index contributed by atoms with van der Waals surface area (Å²) in [5.74, 6) is 0.884. The third-order valence-electron chi connectivity index (χ3n) is 4.92. The number of nitrogens with zero attached hydrogens (tertiary/aromatic N) is 2. The molecule has 0 amide bonds. The van der Waals surface area contributed by atoms with Gasteiger partial charge in [-0.05, 0) is 42.3 Å². The fraction of sp³-hybridized carbons (Fsp3) is 0.200. The zero-order valence-corrected chi connectivity index (χ0v) is 13.9. The molecule has 5 rings (SSSR count). The number of nitrogens with one attached hydrogen (secondary N) is 2. The van der Waals surface area contributed by atoms with Gasteiger partial charge in [0.1, 0.15) is 5.75 Å². The molecule has 0 radical (unpaired) electrons. The number of benzene rings is 2. The molecule has 124 valence electrons. The van der Waals surface area contributed by atoms with E-state index >= 15 is 0 Å². The summed E-state index contributed by atoms with van der Waals surface area (Å²) in [4.78, 5) is 13.0. The van der Waals surface area contributed by atoms with Gasteiger partial charge in [0.05, 0.1) is 36.1 Å². The van der Waals surface area contributed by atoms with Gasteiger partial charge in [-0.25, -0.2) is 4.98 Å². The first kappa shape index (κ1) is 14.4. The molecule has 5 nitrogen and oxygen atoms in total. The van der Waals surface area contributed by atoms with E-state index < -0.39 is 0 Å². The Balaban J connectivity index is 1.66. The van der Waals surface area contributed by atoms with Crippen molar-refractivity contribution in [2.45, 2.75) is 12.5 Å². The first-order chi connectivity index (χ1) is 12.3. The Kier molecular flexibility index (Phi) is 3.21. The minimum Gasteiger partial charge on any atom is -0.497 e. The Hall–Kier alpha value is -2.92. The molecule has 5 heteroatoms. The summed E-state index contributed by atoms with van der Waals surface area (Å²) in [7, 11) is 1.70. The zero-order valence-electron chi connectivity index (χ0n) is 13.9. The van der Waals surface area contributed by atoms with E-state index in [1.54, 1.807) is 7.11 Å². The van der Waals surface area contributed by atoms with E-state index in [0.29, 0.717) is 0 Å². The molecular weight excluding hydrogens is 312 g/mol. The normalized spacial score (nSPS) is 16.9. The minimum absolute atomic E-state index is 0.0271. The molecule has 2 N–H and O–H groups in total. The summed E-state index contributed by atoms with van der Waals surface area (Å²) in [6, 6.07) is 14.2. The molecule has 25 heavy (non-hydrogen) atoms. The van der Waals surface area contributed by atoms with Crippen molar-refractivity contribution in [2.75, 3.05) is 13.7 Å². The number of hydrogen-bond donors (Lipinski definition) is 2. The van der Waals surface area contributed by atoms with Crippen molar-refractivity contribution in [2.24, 2.45) is 0 Å². The van der Waals surface area contributed by atoms with Crippen LogP contribution < -0.4 is 10.1 Å². The molecule has 2 aromatic heterocycles. The molecule has 0 saturated heterocycles. The Bertz CT molecular complexity index is 1090. The lowest BCUT2D eigenvalue weighted by Gasteiger charge is -2.24. The highest BCUT2D eigenvalue weighted by atomic mass is 16.5. The summed E-state index contributed by atoms with van der Waals surface area (Å²) in [5.41, 5.74) is 6.44. The Morgan fingerprint density at radius 2 is 2.00 bits per heavy atom.